The van der Waals surface area contributed by atoms with Gasteiger partial charge in [-0.15, -0.1) is 0 Å². The van der Waals surface area contributed by atoms with Gasteiger partial charge in [0.1, 0.15) is 10.8 Å². The summed E-state index contributed by atoms with van der Waals surface area (Å²) in [5.41, 5.74) is 1.57. The minimum absolute atomic E-state index is 0.108. The lowest BCUT2D eigenvalue weighted by Gasteiger charge is -2.10. The van der Waals surface area contributed by atoms with Gasteiger partial charge in [0.2, 0.25) is 5.88 Å². The summed E-state index contributed by atoms with van der Waals surface area (Å²) < 4.78 is 5.61. The molecule has 1 aromatic carbocycles. The Labute approximate surface area is 115 Å². The van der Waals surface area contributed by atoms with Crippen molar-refractivity contribution in [3.8, 4) is 11.6 Å². The standard InChI is InChI=1S/C13H11Cl2NO2/c1-8-2-3-10(14)5-12(8)18-13-11(15)4-9(7-17)6-16-13/h2-6,17H,7H2,1H3. The molecule has 1 N–H and O–H groups in total. The highest BCUT2D eigenvalue weighted by Gasteiger charge is 2.08. The SMILES string of the molecule is Cc1ccc(Cl)cc1Oc1ncc(CO)cc1Cl. The van der Waals surface area contributed by atoms with E-state index in [1.807, 2.05) is 13.0 Å². The molecule has 0 aliphatic rings. The molecule has 0 fully saturated rings. The molecule has 94 valence electrons. The van der Waals surface area contributed by atoms with Crippen LogP contribution in [0.5, 0.6) is 11.6 Å². The van der Waals surface area contributed by atoms with Crippen LogP contribution in [0.1, 0.15) is 11.1 Å². The van der Waals surface area contributed by atoms with Crippen LogP contribution in [-0.4, -0.2) is 10.1 Å². The quantitative estimate of drug-likeness (QED) is 0.926. The largest absolute Gasteiger partial charge is 0.437 e. The van der Waals surface area contributed by atoms with E-state index in [1.165, 1.54) is 6.20 Å². The fourth-order valence-electron chi connectivity index (χ4n) is 1.41. The van der Waals surface area contributed by atoms with Crippen LogP contribution in [-0.2, 0) is 6.61 Å². The molecule has 0 atom stereocenters. The number of rotatable bonds is 3. The summed E-state index contributed by atoms with van der Waals surface area (Å²) in [4.78, 5) is 4.06. The lowest BCUT2D eigenvalue weighted by molar-refractivity contribution is 0.281. The number of aliphatic hydroxyl groups excluding tert-OH is 1. The lowest BCUT2D eigenvalue weighted by Crippen LogP contribution is -1.93. The van der Waals surface area contributed by atoms with Gasteiger partial charge >= 0.3 is 0 Å². The van der Waals surface area contributed by atoms with Gasteiger partial charge in [-0.3, -0.25) is 0 Å². The van der Waals surface area contributed by atoms with Gasteiger partial charge < -0.3 is 9.84 Å². The maximum atomic E-state index is 8.97. The van der Waals surface area contributed by atoms with Crippen molar-refractivity contribution in [2.45, 2.75) is 13.5 Å². The van der Waals surface area contributed by atoms with Crippen molar-refractivity contribution in [1.82, 2.24) is 4.98 Å². The fourth-order valence-corrected chi connectivity index (χ4v) is 1.80. The summed E-state index contributed by atoms with van der Waals surface area (Å²) >= 11 is 11.9. The van der Waals surface area contributed by atoms with Crippen LogP contribution in [0.25, 0.3) is 0 Å². The Morgan fingerprint density at radius 3 is 2.72 bits per heavy atom. The number of aryl methyl sites for hydroxylation is 1. The summed E-state index contributed by atoms with van der Waals surface area (Å²) in [5, 5.41) is 9.90. The molecule has 5 heteroatoms. The van der Waals surface area contributed by atoms with Crippen LogP contribution in [0.3, 0.4) is 0 Å². The zero-order valence-electron chi connectivity index (χ0n) is 9.65. The molecular weight excluding hydrogens is 273 g/mol. The van der Waals surface area contributed by atoms with Crippen molar-refractivity contribution < 1.29 is 9.84 Å². The number of hydrogen-bond donors (Lipinski definition) is 1. The average molecular weight is 284 g/mol. The highest BCUT2D eigenvalue weighted by atomic mass is 35.5. The van der Waals surface area contributed by atoms with Crippen molar-refractivity contribution in [2.75, 3.05) is 0 Å². The second kappa shape index (κ2) is 5.57. The second-order valence-corrected chi connectivity index (χ2v) is 4.64. The van der Waals surface area contributed by atoms with Gasteiger partial charge in [0.05, 0.1) is 6.61 Å². The molecule has 0 spiro atoms. The Morgan fingerprint density at radius 2 is 2.06 bits per heavy atom. The maximum Gasteiger partial charge on any atom is 0.238 e. The molecule has 0 amide bonds. The smallest absolute Gasteiger partial charge is 0.238 e. The summed E-state index contributed by atoms with van der Waals surface area (Å²) in [6.07, 6.45) is 1.51. The van der Waals surface area contributed by atoms with Gasteiger partial charge in [-0.25, -0.2) is 4.98 Å². The molecule has 0 saturated heterocycles. The molecule has 0 radical (unpaired) electrons. The topological polar surface area (TPSA) is 42.4 Å². The van der Waals surface area contributed by atoms with Crippen molar-refractivity contribution in [1.29, 1.82) is 0 Å². The minimum Gasteiger partial charge on any atom is -0.437 e. The van der Waals surface area contributed by atoms with Crippen molar-refractivity contribution in [3.63, 3.8) is 0 Å². The minimum atomic E-state index is -0.108. The van der Waals surface area contributed by atoms with Crippen LogP contribution in [0.4, 0.5) is 0 Å². The third kappa shape index (κ3) is 2.93. The Morgan fingerprint density at radius 1 is 1.28 bits per heavy atom. The first-order valence-corrected chi connectivity index (χ1v) is 6.05. The molecule has 2 aromatic rings. The van der Waals surface area contributed by atoms with Gasteiger partial charge in [-0.2, -0.15) is 0 Å². The molecule has 0 bridgehead atoms. The first kappa shape index (κ1) is 13.1. The number of hydrogen-bond acceptors (Lipinski definition) is 3. The Hall–Kier alpha value is -1.29. The van der Waals surface area contributed by atoms with Crippen molar-refractivity contribution >= 4 is 23.2 Å². The molecule has 2 rings (SSSR count). The second-order valence-electron chi connectivity index (χ2n) is 3.80. The van der Waals surface area contributed by atoms with Crippen molar-refractivity contribution in [2.24, 2.45) is 0 Å². The predicted molar refractivity (Wildman–Crippen MR) is 71.4 cm³/mol. The van der Waals surface area contributed by atoms with Crippen molar-refractivity contribution in [3.05, 3.63) is 51.6 Å². The summed E-state index contributed by atoms with van der Waals surface area (Å²) in [6.45, 7) is 1.80. The number of nitrogens with zero attached hydrogens (tertiary/aromatic N) is 1. The lowest BCUT2D eigenvalue weighted by atomic mass is 10.2. The Balaban J connectivity index is 2.31. The van der Waals surface area contributed by atoms with Crippen LogP contribution in [0, 0.1) is 6.92 Å². The monoisotopic (exact) mass is 283 g/mol. The van der Waals surface area contributed by atoms with E-state index < -0.39 is 0 Å². The van der Waals surface area contributed by atoms with E-state index >= 15 is 0 Å². The number of aromatic nitrogens is 1. The molecule has 0 unspecified atom stereocenters. The van der Waals surface area contributed by atoms with Crippen LogP contribution < -0.4 is 4.74 Å². The van der Waals surface area contributed by atoms with Gasteiger partial charge in [0, 0.05) is 11.2 Å². The number of aliphatic hydroxyl groups is 1. The number of ether oxygens (including phenoxy) is 1. The third-order valence-corrected chi connectivity index (χ3v) is 2.91. The molecule has 1 aromatic heterocycles. The highest BCUT2D eigenvalue weighted by molar-refractivity contribution is 6.32. The van der Waals surface area contributed by atoms with E-state index in [9.17, 15) is 0 Å². The van der Waals surface area contributed by atoms with Gasteiger partial charge in [0.25, 0.3) is 0 Å². The van der Waals surface area contributed by atoms with Crippen LogP contribution >= 0.6 is 23.2 Å². The maximum absolute atomic E-state index is 8.97. The van der Waals surface area contributed by atoms with Gasteiger partial charge in [-0.05, 0) is 36.2 Å². The first-order chi connectivity index (χ1) is 8.60. The summed E-state index contributed by atoms with van der Waals surface area (Å²) in [7, 11) is 0. The molecule has 1 heterocycles. The molecule has 3 nitrogen and oxygen atoms in total. The molecule has 0 saturated carbocycles. The van der Waals surface area contributed by atoms with E-state index in [4.69, 9.17) is 33.0 Å². The summed E-state index contributed by atoms with van der Waals surface area (Å²) in [6, 6.07) is 6.96. The fraction of sp³-hybridized carbons (Fsp3) is 0.154. The Bertz CT molecular complexity index is 573. The first-order valence-electron chi connectivity index (χ1n) is 5.29. The van der Waals surface area contributed by atoms with Gasteiger partial charge in [-0.1, -0.05) is 29.3 Å². The highest BCUT2D eigenvalue weighted by Crippen LogP contribution is 2.31. The molecule has 0 aliphatic heterocycles. The number of pyridine rings is 1. The van der Waals surface area contributed by atoms with E-state index in [-0.39, 0.29) is 6.61 Å². The number of benzene rings is 1. The zero-order chi connectivity index (χ0) is 13.1. The normalized spacial score (nSPS) is 10.4. The van der Waals surface area contributed by atoms with Crippen LogP contribution in [0.2, 0.25) is 10.0 Å². The van der Waals surface area contributed by atoms with E-state index in [0.29, 0.717) is 27.2 Å². The number of halogens is 2. The third-order valence-electron chi connectivity index (χ3n) is 2.40. The molecular formula is C13H11Cl2NO2. The van der Waals surface area contributed by atoms with E-state index in [0.717, 1.165) is 5.56 Å². The summed E-state index contributed by atoms with van der Waals surface area (Å²) in [5.74, 6) is 0.896. The zero-order valence-corrected chi connectivity index (χ0v) is 11.2. The van der Waals surface area contributed by atoms with E-state index in [1.54, 1.807) is 18.2 Å². The molecule has 0 aliphatic carbocycles. The average Bonchev–Trinajstić information content (AvgIpc) is 2.36. The van der Waals surface area contributed by atoms with Crippen LogP contribution in [0.15, 0.2) is 30.5 Å². The van der Waals surface area contributed by atoms with Gasteiger partial charge in [0.15, 0.2) is 0 Å². The molecule has 18 heavy (non-hydrogen) atoms. The van der Waals surface area contributed by atoms with E-state index in [2.05, 4.69) is 4.98 Å². The Kier molecular flexibility index (Phi) is 4.07. The predicted octanol–water partition coefficient (Wildman–Crippen LogP) is 3.98.